The highest BCUT2D eigenvalue weighted by Crippen LogP contribution is 2.45. The Hall–Kier alpha value is -1.94. The minimum absolute atomic E-state index is 0.102. The molecule has 0 saturated heterocycles. The molecule has 3 unspecified atom stereocenters. The van der Waals surface area contributed by atoms with Crippen molar-refractivity contribution in [1.82, 2.24) is 0 Å². The van der Waals surface area contributed by atoms with Gasteiger partial charge >= 0.3 is 39.5 Å². The molecule has 0 aliphatic carbocycles. The molecule has 0 aromatic heterocycles. The van der Waals surface area contributed by atoms with E-state index >= 15 is 0 Å². The number of carbonyl (C=O) groups excluding carboxylic acids is 4. The maximum atomic E-state index is 13.0. The van der Waals surface area contributed by atoms with Crippen LogP contribution >= 0.6 is 15.6 Å². The van der Waals surface area contributed by atoms with Crippen molar-refractivity contribution in [1.29, 1.82) is 0 Å². The zero-order valence-corrected chi connectivity index (χ0v) is 59.8. The molecule has 0 saturated carbocycles. The molecule has 0 fully saturated rings. The molecule has 0 aromatic carbocycles. The molecule has 3 N–H and O–H groups in total. The van der Waals surface area contributed by atoms with E-state index in [1.54, 1.807) is 0 Å². The van der Waals surface area contributed by atoms with Gasteiger partial charge in [-0.2, -0.15) is 0 Å². The molecule has 0 bridgehead atoms. The lowest BCUT2D eigenvalue weighted by atomic mass is 9.99. The summed E-state index contributed by atoms with van der Waals surface area (Å²) in [6.07, 6.45) is 42.0. The average molecular weight is 1310 g/mol. The van der Waals surface area contributed by atoms with Crippen LogP contribution in [0.15, 0.2) is 0 Å². The van der Waals surface area contributed by atoms with E-state index in [0.29, 0.717) is 37.5 Å². The van der Waals surface area contributed by atoms with Crippen molar-refractivity contribution in [2.75, 3.05) is 39.6 Å². The smallest absolute Gasteiger partial charge is 0.462 e. The minimum atomic E-state index is -4.95. The Morgan fingerprint density at radius 3 is 0.798 bits per heavy atom. The summed E-state index contributed by atoms with van der Waals surface area (Å²) < 4.78 is 68.2. The third-order valence-electron chi connectivity index (χ3n) is 16.4. The fraction of sp³-hybridized carbons (Fsp3) is 0.943. The molecule has 17 nitrogen and oxygen atoms in total. The number of phosphoric ester groups is 2. The lowest BCUT2D eigenvalue weighted by molar-refractivity contribution is -0.161. The average Bonchev–Trinajstić information content (AvgIpc) is 3.69. The van der Waals surface area contributed by atoms with Gasteiger partial charge in [-0.3, -0.25) is 37.3 Å². The first-order chi connectivity index (χ1) is 42.6. The van der Waals surface area contributed by atoms with Crippen molar-refractivity contribution in [2.45, 2.75) is 363 Å². The minimum Gasteiger partial charge on any atom is -0.462 e. The maximum absolute atomic E-state index is 13.0. The molecule has 0 aromatic rings. The topological polar surface area (TPSA) is 237 Å². The summed E-state index contributed by atoms with van der Waals surface area (Å²) in [5.41, 5.74) is 0. The van der Waals surface area contributed by atoms with Gasteiger partial charge in [0.15, 0.2) is 12.2 Å². The third kappa shape index (κ3) is 63.2. The van der Waals surface area contributed by atoms with Crippen LogP contribution < -0.4 is 0 Å². The number of esters is 4. The van der Waals surface area contributed by atoms with Crippen LogP contribution in [0.4, 0.5) is 0 Å². The molecular weight excluding hydrogens is 1170 g/mol. The molecule has 0 spiro atoms. The van der Waals surface area contributed by atoms with Crippen LogP contribution in [-0.2, 0) is 65.4 Å². The highest BCUT2D eigenvalue weighted by molar-refractivity contribution is 7.47. The summed E-state index contributed by atoms with van der Waals surface area (Å²) in [6.45, 7) is 14.0. The van der Waals surface area contributed by atoms with Crippen molar-refractivity contribution >= 4 is 39.5 Å². The van der Waals surface area contributed by atoms with E-state index in [-0.39, 0.29) is 25.7 Å². The second-order valence-corrected chi connectivity index (χ2v) is 29.8. The Morgan fingerprint density at radius 2 is 0.539 bits per heavy atom. The number of aliphatic hydroxyl groups is 1. The number of hydrogen-bond acceptors (Lipinski definition) is 15. The number of carbonyl (C=O) groups is 4. The predicted octanol–water partition coefficient (Wildman–Crippen LogP) is 19.7. The number of aliphatic hydroxyl groups excluding tert-OH is 1. The lowest BCUT2D eigenvalue weighted by Gasteiger charge is -2.21. The summed E-state index contributed by atoms with van der Waals surface area (Å²) in [4.78, 5) is 72.4. The zero-order chi connectivity index (χ0) is 66.1. The van der Waals surface area contributed by atoms with Gasteiger partial charge in [0.05, 0.1) is 26.4 Å². The van der Waals surface area contributed by atoms with E-state index in [9.17, 15) is 43.2 Å². The van der Waals surface area contributed by atoms with E-state index < -0.39 is 97.5 Å². The number of unbranched alkanes of at least 4 members (excludes halogenated alkanes) is 32. The van der Waals surface area contributed by atoms with Crippen LogP contribution in [0, 0.1) is 23.7 Å². The van der Waals surface area contributed by atoms with Gasteiger partial charge in [0, 0.05) is 25.7 Å². The summed E-state index contributed by atoms with van der Waals surface area (Å²) >= 11 is 0. The van der Waals surface area contributed by atoms with E-state index in [4.69, 9.17) is 37.0 Å². The van der Waals surface area contributed by atoms with Gasteiger partial charge in [-0.05, 0) is 49.4 Å². The molecule has 0 aliphatic heterocycles. The zero-order valence-electron chi connectivity index (χ0n) is 58.1. The fourth-order valence-electron chi connectivity index (χ4n) is 10.5. The monoisotopic (exact) mass is 1310 g/mol. The Morgan fingerprint density at radius 1 is 0.315 bits per heavy atom. The molecule has 0 aliphatic rings. The van der Waals surface area contributed by atoms with E-state index in [1.165, 1.54) is 141 Å². The molecule has 528 valence electrons. The molecule has 0 heterocycles. The first-order valence-corrected chi connectivity index (χ1v) is 39.2. The molecular formula is C70H136O17P2. The fourth-order valence-corrected chi connectivity index (χ4v) is 12.0. The van der Waals surface area contributed by atoms with Crippen molar-refractivity contribution in [3.8, 4) is 0 Å². The van der Waals surface area contributed by atoms with Crippen molar-refractivity contribution < 1.29 is 80.2 Å². The number of rotatable bonds is 67. The van der Waals surface area contributed by atoms with Crippen LogP contribution in [0.5, 0.6) is 0 Å². The largest absolute Gasteiger partial charge is 0.472 e. The van der Waals surface area contributed by atoms with Crippen LogP contribution in [0.1, 0.15) is 344 Å². The van der Waals surface area contributed by atoms with Gasteiger partial charge in [0.2, 0.25) is 0 Å². The lowest BCUT2D eigenvalue weighted by Crippen LogP contribution is -2.30. The van der Waals surface area contributed by atoms with Gasteiger partial charge in [0.1, 0.15) is 19.3 Å². The molecule has 19 heteroatoms. The highest BCUT2D eigenvalue weighted by Gasteiger charge is 2.30. The van der Waals surface area contributed by atoms with Crippen molar-refractivity contribution in [3.05, 3.63) is 0 Å². The standard InChI is InChI=1S/C70H136O17P2/c1-9-63(8)49-41-33-23-19-14-12-10-11-13-15-20-24-34-42-50-67(72)80-56-66(87-70(75)53-45-37-29-27-32-40-48-62(6)7)59-85-89(78,79)83-55-64(71)54-82-88(76,77)84-58-65(57-81-68(73)51-43-35-28-26-31-39-47-61(4)5)86-69(74)52-44-36-25-21-17-16-18-22-30-38-46-60(2)3/h60-66,71H,9-59H2,1-8H3,(H,76,77)(H,78,79)/t63?,64-,65+,66+/m0/s1. The van der Waals surface area contributed by atoms with Crippen LogP contribution in [0.3, 0.4) is 0 Å². The molecule has 0 amide bonds. The summed E-state index contributed by atoms with van der Waals surface area (Å²) in [5.74, 6) is 0.815. The Bertz CT molecular complexity index is 1770. The second-order valence-electron chi connectivity index (χ2n) is 26.9. The SMILES string of the molecule is CCC(C)CCCCCCCCCCCCCCCCC(=O)OC[C@H](COP(=O)(O)OC[C@@H](O)COP(=O)(O)OC[C@@H](COC(=O)CCCCCCCCC(C)C)OC(=O)CCCCCCCCCCCCC(C)C)OC(=O)CCCCCCCCC(C)C. The first kappa shape index (κ1) is 87.1. The van der Waals surface area contributed by atoms with E-state index in [1.807, 2.05) is 0 Å². The Kier molecular flexibility index (Phi) is 58.5. The first-order valence-electron chi connectivity index (χ1n) is 36.2. The third-order valence-corrected chi connectivity index (χ3v) is 18.3. The molecule has 89 heavy (non-hydrogen) atoms. The number of phosphoric acid groups is 2. The van der Waals surface area contributed by atoms with Crippen LogP contribution in [0.25, 0.3) is 0 Å². The summed E-state index contributed by atoms with van der Waals surface area (Å²) in [6, 6.07) is 0. The van der Waals surface area contributed by atoms with Gasteiger partial charge in [-0.15, -0.1) is 0 Å². The molecule has 0 radical (unpaired) electrons. The van der Waals surface area contributed by atoms with E-state index in [0.717, 1.165) is 108 Å². The Labute approximate surface area is 543 Å². The van der Waals surface area contributed by atoms with E-state index in [2.05, 4.69) is 55.4 Å². The summed E-state index contributed by atoms with van der Waals surface area (Å²) in [5, 5.41) is 10.6. The van der Waals surface area contributed by atoms with Crippen molar-refractivity contribution in [3.63, 3.8) is 0 Å². The molecule has 0 rings (SSSR count). The van der Waals surface area contributed by atoms with Gasteiger partial charge in [0.25, 0.3) is 0 Å². The maximum Gasteiger partial charge on any atom is 0.472 e. The van der Waals surface area contributed by atoms with Gasteiger partial charge < -0.3 is 33.8 Å². The number of ether oxygens (including phenoxy) is 4. The molecule has 6 atom stereocenters. The van der Waals surface area contributed by atoms with Crippen LogP contribution in [0.2, 0.25) is 0 Å². The normalized spacial score (nSPS) is 14.6. The summed E-state index contributed by atoms with van der Waals surface area (Å²) in [7, 11) is -9.90. The second kappa shape index (κ2) is 59.8. The number of hydrogen-bond donors (Lipinski definition) is 3. The predicted molar refractivity (Wildman–Crippen MR) is 358 cm³/mol. The quantitative estimate of drug-likeness (QED) is 0.0222. The van der Waals surface area contributed by atoms with Gasteiger partial charge in [-0.25, -0.2) is 9.13 Å². The van der Waals surface area contributed by atoms with Crippen LogP contribution in [-0.4, -0.2) is 96.7 Å². The van der Waals surface area contributed by atoms with Crippen molar-refractivity contribution in [2.24, 2.45) is 23.7 Å². The Balaban J connectivity index is 5.17. The highest BCUT2D eigenvalue weighted by atomic mass is 31.2. The van der Waals surface area contributed by atoms with Gasteiger partial charge in [-0.1, -0.05) is 293 Å².